The number of fused-ring (bicyclic) bond motifs is 1. The topological polar surface area (TPSA) is 69.6 Å². The number of aliphatic carboxylic acids is 1. The zero-order valence-electron chi connectivity index (χ0n) is 12.7. The molecule has 0 atom stereocenters. The summed E-state index contributed by atoms with van der Waals surface area (Å²) in [5.74, 6) is -0.909. The molecule has 1 aliphatic heterocycles. The van der Waals surface area contributed by atoms with Gasteiger partial charge in [0.2, 0.25) is 5.91 Å². The molecule has 0 spiro atoms. The third-order valence-corrected chi connectivity index (χ3v) is 4.77. The van der Waals surface area contributed by atoms with E-state index in [0.717, 1.165) is 44.3 Å². The Morgan fingerprint density at radius 3 is 2.68 bits per heavy atom. The largest absolute Gasteiger partial charge is 0.481 e. The van der Waals surface area contributed by atoms with Crippen LogP contribution in [0.25, 0.3) is 0 Å². The quantitative estimate of drug-likeness (QED) is 0.872. The minimum atomic E-state index is -0.839. The summed E-state index contributed by atoms with van der Waals surface area (Å²) in [5.41, 5.74) is 1.86. The first-order valence-electron chi connectivity index (χ1n) is 7.94. The Balaban J connectivity index is 1.64. The number of carboxylic acids is 1. The highest BCUT2D eigenvalue weighted by molar-refractivity contribution is 5.83. The van der Waals surface area contributed by atoms with Gasteiger partial charge in [0.1, 0.15) is 0 Å². The lowest BCUT2D eigenvalue weighted by Crippen LogP contribution is -2.50. The molecule has 1 heterocycles. The summed E-state index contributed by atoms with van der Waals surface area (Å²) in [6.45, 7) is 1.15. The second kappa shape index (κ2) is 5.99. The number of nitrogens with zero attached hydrogens (tertiary/aromatic N) is 1. The average molecular weight is 302 g/mol. The fraction of sp³-hybridized carbons (Fsp3) is 0.529. The lowest BCUT2D eigenvalue weighted by molar-refractivity contribution is -0.139. The Labute approximate surface area is 130 Å². The van der Waals surface area contributed by atoms with E-state index in [0.29, 0.717) is 6.54 Å². The Morgan fingerprint density at radius 2 is 1.95 bits per heavy atom. The first kappa shape index (κ1) is 14.9. The van der Waals surface area contributed by atoms with Gasteiger partial charge in [0, 0.05) is 12.2 Å². The van der Waals surface area contributed by atoms with Crippen LogP contribution in [0.3, 0.4) is 0 Å². The molecular formula is C17H22N2O3. The van der Waals surface area contributed by atoms with Crippen LogP contribution in [0, 0.1) is 0 Å². The van der Waals surface area contributed by atoms with Crippen LogP contribution < -0.4 is 10.2 Å². The third kappa shape index (κ3) is 3.08. The Bertz CT molecular complexity index is 579. The van der Waals surface area contributed by atoms with Crippen LogP contribution in [-0.4, -0.2) is 35.6 Å². The molecule has 0 bridgehead atoms. The Morgan fingerprint density at radius 1 is 1.23 bits per heavy atom. The summed E-state index contributed by atoms with van der Waals surface area (Å²) in [6.07, 6.45) is 4.49. The first-order valence-corrected chi connectivity index (χ1v) is 7.94. The highest BCUT2D eigenvalue weighted by Gasteiger charge is 2.37. The minimum absolute atomic E-state index is 0.0231. The summed E-state index contributed by atoms with van der Waals surface area (Å²) in [6, 6.07) is 8.13. The number of hydrogen-bond donors (Lipinski definition) is 2. The van der Waals surface area contributed by atoms with Gasteiger partial charge < -0.3 is 15.3 Å². The molecule has 1 aromatic rings. The summed E-state index contributed by atoms with van der Waals surface area (Å²) in [5, 5.41) is 12.1. The van der Waals surface area contributed by atoms with Crippen molar-refractivity contribution in [2.24, 2.45) is 0 Å². The smallest absolute Gasteiger partial charge is 0.305 e. The molecule has 1 fully saturated rings. The standard InChI is InChI=1S/C17H22N2O3/c20-15(18-17(11-16(21)22)8-3-4-9-17)12-19-10-7-13-5-1-2-6-14(13)19/h1-2,5-6H,3-4,7-12H2,(H,18,20)(H,21,22). The maximum Gasteiger partial charge on any atom is 0.305 e. The van der Waals surface area contributed by atoms with Gasteiger partial charge in [-0.15, -0.1) is 0 Å². The molecule has 2 N–H and O–H groups in total. The van der Waals surface area contributed by atoms with E-state index in [9.17, 15) is 9.59 Å². The van der Waals surface area contributed by atoms with E-state index < -0.39 is 11.5 Å². The highest BCUT2D eigenvalue weighted by Crippen LogP contribution is 2.33. The normalized spacial score (nSPS) is 19.0. The lowest BCUT2D eigenvalue weighted by atomic mass is 9.93. The van der Waals surface area contributed by atoms with E-state index in [1.54, 1.807) is 0 Å². The molecule has 0 unspecified atom stereocenters. The molecule has 5 heteroatoms. The van der Waals surface area contributed by atoms with Crippen molar-refractivity contribution in [1.82, 2.24) is 5.32 Å². The molecule has 118 valence electrons. The molecule has 1 aliphatic carbocycles. The fourth-order valence-electron chi connectivity index (χ4n) is 3.77. The lowest BCUT2D eigenvalue weighted by Gasteiger charge is -2.30. The predicted molar refractivity (Wildman–Crippen MR) is 84.0 cm³/mol. The van der Waals surface area contributed by atoms with Crippen LogP contribution in [0.1, 0.15) is 37.7 Å². The van der Waals surface area contributed by atoms with Crippen LogP contribution in [0.2, 0.25) is 0 Å². The Kier molecular flexibility index (Phi) is 4.05. The van der Waals surface area contributed by atoms with E-state index in [4.69, 9.17) is 5.11 Å². The van der Waals surface area contributed by atoms with Gasteiger partial charge in [0.25, 0.3) is 0 Å². The number of carboxylic acid groups (broad SMARTS) is 1. The van der Waals surface area contributed by atoms with Crippen LogP contribution in [0.4, 0.5) is 5.69 Å². The van der Waals surface area contributed by atoms with Crippen molar-refractivity contribution in [3.8, 4) is 0 Å². The molecule has 1 aromatic carbocycles. The van der Waals surface area contributed by atoms with Gasteiger partial charge in [-0.2, -0.15) is 0 Å². The summed E-state index contributed by atoms with van der Waals surface area (Å²) >= 11 is 0. The molecule has 2 aliphatic rings. The number of hydrogen-bond acceptors (Lipinski definition) is 3. The molecule has 3 rings (SSSR count). The van der Waals surface area contributed by atoms with E-state index in [1.807, 2.05) is 18.2 Å². The summed E-state index contributed by atoms with van der Waals surface area (Å²) < 4.78 is 0. The van der Waals surface area contributed by atoms with Gasteiger partial charge in [-0.25, -0.2) is 0 Å². The number of anilines is 1. The number of carbonyl (C=O) groups excluding carboxylic acids is 1. The zero-order valence-corrected chi connectivity index (χ0v) is 12.7. The second-order valence-corrected chi connectivity index (χ2v) is 6.41. The minimum Gasteiger partial charge on any atom is -0.481 e. The fourth-order valence-corrected chi connectivity index (χ4v) is 3.77. The molecular weight excluding hydrogens is 280 g/mol. The summed E-state index contributed by atoms with van der Waals surface area (Å²) in [4.78, 5) is 25.6. The van der Waals surface area contributed by atoms with Crippen molar-refractivity contribution in [3.63, 3.8) is 0 Å². The summed E-state index contributed by atoms with van der Waals surface area (Å²) in [7, 11) is 0. The maximum absolute atomic E-state index is 12.4. The van der Waals surface area contributed by atoms with Crippen LogP contribution >= 0.6 is 0 Å². The van der Waals surface area contributed by atoms with Crippen molar-refractivity contribution in [1.29, 1.82) is 0 Å². The molecule has 0 aromatic heterocycles. The van der Waals surface area contributed by atoms with Crippen molar-refractivity contribution >= 4 is 17.6 Å². The molecule has 1 amide bonds. The predicted octanol–water partition coefficient (Wildman–Crippen LogP) is 1.95. The zero-order chi connectivity index (χ0) is 15.6. The Hall–Kier alpha value is -2.04. The highest BCUT2D eigenvalue weighted by atomic mass is 16.4. The molecule has 5 nitrogen and oxygen atoms in total. The SMILES string of the molecule is O=C(O)CC1(NC(=O)CN2CCc3ccccc32)CCCC1. The molecule has 1 saturated carbocycles. The van der Waals surface area contributed by atoms with E-state index in [2.05, 4.69) is 16.3 Å². The average Bonchev–Trinajstić information content (AvgIpc) is 3.06. The second-order valence-electron chi connectivity index (χ2n) is 6.41. The monoisotopic (exact) mass is 302 g/mol. The number of amides is 1. The molecule has 0 saturated heterocycles. The van der Waals surface area contributed by atoms with Gasteiger partial charge in [-0.1, -0.05) is 31.0 Å². The van der Waals surface area contributed by atoms with Crippen molar-refractivity contribution in [3.05, 3.63) is 29.8 Å². The van der Waals surface area contributed by atoms with Gasteiger partial charge in [-0.05, 0) is 30.9 Å². The molecule has 0 radical (unpaired) electrons. The van der Waals surface area contributed by atoms with Gasteiger partial charge in [0.15, 0.2) is 0 Å². The number of carbonyl (C=O) groups is 2. The third-order valence-electron chi connectivity index (χ3n) is 4.77. The van der Waals surface area contributed by atoms with Gasteiger partial charge in [-0.3, -0.25) is 9.59 Å². The van der Waals surface area contributed by atoms with Gasteiger partial charge in [0.05, 0.1) is 18.5 Å². The number of rotatable bonds is 5. The number of nitrogens with one attached hydrogen (secondary N) is 1. The van der Waals surface area contributed by atoms with Crippen molar-refractivity contribution < 1.29 is 14.7 Å². The van der Waals surface area contributed by atoms with Crippen LogP contribution in [0.5, 0.6) is 0 Å². The van der Waals surface area contributed by atoms with E-state index >= 15 is 0 Å². The van der Waals surface area contributed by atoms with E-state index in [-0.39, 0.29) is 12.3 Å². The van der Waals surface area contributed by atoms with Crippen LogP contribution in [0.15, 0.2) is 24.3 Å². The maximum atomic E-state index is 12.4. The molecule has 22 heavy (non-hydrogen) atoms. The van der Waals surface area contributed by atoms with Crippen molar-refractivity contribution in [2.45, 2.75) is 44.1 Å². The number of benzene rings is 1. The van der Waals surface area contributed by atoms with E-state index in [1.165, 1.54) is 5.56 Å². The van der Waals surface area contributed by atoms with Crippen molar-refractivity contribution in [2.75, 3.05) is 18.0 Å². The van der Waals surface area contributed by atoms with Gasteiger partial charge >= 0.3 is 5.97 Å². The first-order chi connectivity index (χ1) is 10.6. The number of para-hydroxylation sites is 1. The van der Waals surface area contributed by atoms with Crippen LogP contribution in [-0.2, 0) is 16.0 Å².